The SMILES string of the molecule is CC(C)=C1C(C2=CC([Si](C)(C)O[Si](C)(C)C)=CC2)=[C]([Zr+2])c2ccccc21.[Cl-].[Cl-]. The maximum absolute atomic E-state index is 6.63. The van der Waals surface area contributed by atoms with Crippen molar-refractivity contribution < 1.29 is 53.6 Å². The zero-order valence-corrected chi connectivity index (χ0v) is 23.8. The van der Waals surface area contributed by atoms with Gasteiger partial charge in [-0.2, -0.15) is 0 Å². The standard InChI is InChI=1S/C22H29OSi2.2ClH.Zr/c1-16(2)22-20-11-9-8-10-17(20)15-21(22)18-12-13-19(14-18)25(6,7)23-24(3,4)5;;;/h8-11,13-14H,12H2,1-7H3;2*1H;/q;;;+2/p-2. The van der Waals surface area contributed by atoms with Crippen molar-refractivity contribution in [2.24, 2.45) is 0 Å². The first-order chi connectivity index (χ1) is 12.0. The summed E-state index contributed by atoms with van der Waals surface area (Å²) in [5.74, 6) is 0. The van der Waals surface area contributed by atoms with Gasteiger partial charge >= 0.3 is 177 Å². The molecular weight excluding hydrogens is 499 g/mol. The molecule has 0 saturated heterocycles. The average molecular weight is 528 g/mol. The fourth-order valence-electron chi connectivity index (χ4n) is 4.10. The van der Waals surface area contributed by atoms with Gasteiger partial charge in [-0.3, -0.25) is 0 Å². The van der Waals surface area contributed by atoms with Crippen molar-refractivity contribution in [3.8, 4) is 0 Å². The molecule has 2 aliphatic rings. The van der Waals surface area contributed by atoms with Gasteiger partial charge in [0.15, 0.2) is 0 Å². The molecule has 0 atom stereocenters. The second-order valence-corrected chi connectivity index (χ2v) is 18.8. The fraction of sp³-hybridized carbons (Fsp3) is 0.364. The summed E-state index contributed by atoms with van der Waals surface area (Å²) in [6.45, 7) is 16.1. The summed E-state index contributed by atoms with van der Waals surface area (Å²) in [7, 11) is -3.37. The number of rotatable bonds is 4. The van der Waals surface area contributed by atoms with Crippen molar-refractivity contribution in [3.63, 3.8) is 0 Å². The fourth-order valence-corrected chi connectivity index (χ4v) is 13.0. The summed E-state index contributed by atoms with van der Waals surface area (Å²) >= 11 is 1.50. The van der Waals surface area contributed by atoms with Crippen LogP contribution in [0.3, 0.4) is 0 Å². The number of halogens is 2. The molecule has 0 saturated carbocycles. The Labute approximate surface area is 200 Å². The van der Waals surface area contributed by atoms with E-state index in [4.69, 9.17) is 4.12 Å². The number of hydrogen-bond acceptors (Lipinski definition) is 1. The van der Waals surface area contributed by atoms with Crippen LogP contribution in [0.25, 0.3) is 8.85 Å². The molecule has 149 valence electrons. The molecular formula is C22H29Cl2OSi2Zr. The van der Waals surface area contributed by atoms with Crippen molar-refractivity contribution in [2.75, 3.05) is 0 Å². The quantitative estimate of drug-likeness (QED) is 0.522. The molecule has 1 aromatic rings. The van der Waals surface area contributed by atoms with Crippen LogP contribution in [0.15, 0.2) is 58.3 Å². The second-order valence-electron chi connectivity index (χ2n) is 8.93. The van der Waals surface area contributed by atoms with Crippen LogP contribution in [0, 0.1) is 0 Å². The van der Waals surface area contributed by atoms with E-state index in [1.807, 2.05) is 0 Å². The first-order valence-electron chi connectivity index (χ1n) is 9.36. The van der Waals surface area contributed by atoms with Gasteiger partial charge in [-0.15, -0.1) is 0 Å². The molecule has 0 heterocycles. The van der Waals surface area contributed by atoms with Crippen molar-refractivity contribution in [1.29, 1.82) is 0 Å². The van der Waals surface area contributed by atoms with Crippen molar-refractivity contribution in [1.82, 2.24) is 0 Å². The Hall–Kier alpha value is 0.0369. The number of benzene rings is 1. The molecule has 28 heavy (non-hydrogen) atoms. The molecule has 0 unspecified atom stereocenters. The van der Waals surface area contributed by atoms with Gasteiger partial charge in [-0.1, -0.05) is 0 Å². The Kier molecular flexibility index (Phi) is 8.80. The van der Waals surface area contributed by atoms with Crippen LogP contribution in [0.1, 0.15) is 31.4 Å². The minimum Gasteiger partial charge on any atom is -1.00 e. The predicted molar refractivity (Wildman–Crippen MR) is 114 cm³/mol. The van der Waals surface area contributed by atoms with Crippen LogP contribution in [-0.2, 0) is 28.8 Å². The molecule has 2 aliphatic carbocycles. The minimum atomic E-state index is -1.83. The molecule has 0 spiro atoms. The first kappa shape index (κ1) is 26.1. The van der Waals surface area contributed by atoms with Gasteiger partial charge in [0, 0.05) is 0 Å². The molecule has 0 amide bonds. The Morgan fingerprint density at radius 1 is 0.964 bits per heavy atom. The van der Waals surface area contributed by atoms with Gasteiger partial charge < -0.3 is 24.8 Å². The predicted octanol–water partition coefficient (Wildman–Crippen LogP) is 0.612. The van der Waals surface area contributed by atoms with Gasteiger partial charge in [0.2, 0.25) is 0 Å². The summed E-state index contributed by atoms with van der Waals surface area (Å²) in [6.07, 6.45) is 5.93. The third-order valence-corrected chi connectivity index (χ3v) is 12.4. The molecule has 6 heteroatoms. The summed E-state index contributed by atoms with van der Waals surface area (Å²) < 4.78 is 8.14. The van der Waals surface area contributed by atoms with Crippen molar-refractivity contribution >= 4 is 25.5 Å². The molecule has 0 aromatic heterocycles. The van der Waals surface area contributed by atoms with Crippen LogP contribution in [0.4, 0.5) is 0 Å². The summed E-state index contributed by atoms with van der Waals surface area (Å²) in [4.78, 5) is 0. The van der Waals surface area contributed by atoms with Gasteiger partial charge in [-0.05, 0) is 0 Å². The molecule has 3 rings (SSSR count). The third-order valence-electron chi connectivity index (χ3n) is 4.92. The Bertz CT molecular complexity index is 886. The third kappa shape index (κ3) is 5.20. The summed E-state index contributed by atoms with van der Waals surface area (Å²) in [5.41, 5.74) is 8.69. The van der Waals surface area contributed by atoms with Gasteiger partial charge in [0.05, 0.1) is 0 Å². The van der Waals surface area contributed by atoms with E-state index in [0.29, 0.717) is 0 Å². The van der Waals surface area contributed by atoms with E-state index in [2.05, 4.69) is 83.0 Å². The number of fused-ring (bicyclic) bond motifs is 1. The molecule has 0 aliphatic heterocycles. The first-order valence-corrected chi connectivity index (χ1v) is 16.9. The molecule has 0 radical (unpaired) electrons. The van der Waals surface area contributed by atoms with E-state index < -0.39 is 16.6 Å². The Morgan fingerprint density at radius 3 is 2.07 bits per heavy atom. The van der Waals surface area contributed by atoms with E-state index in [1.54, 1.807) is 0 Å². The average Bonchev–Trinajstić information content (AvgIpc) is 3.09. The van der Waals surface area contributed by atoms with E-state index in [9.17, 15) is 0 Å². The van der Waals surface area contributed by atoms with Crippen molar-refractivity contribution in [2.45, 2.75) is 53.0 Å². The largest absolute Gasteiger partial charge is 1.00 e. The molecule has 0 bridgehead atoms. The van der Waals surface area contributed by atoms with E-state index in [-0.39, 0.29) is 24.8 Å². The maximum Gasteiger partial charge on any atom is -1.00 e. The van der Waals surface area contributed by atoms with Gasteiger partial charge in [-0.25, -0.2) is 0 Å². The topological polar surface area (TPSA) is 9.23 Å². The van der Waals surface area contributed by atoms with E-state index in [1.165, 1.54) is 66.6 Å². The zero-order chi connectivity index (χ0) is 19.3. The second kappa shape index (κ2) is 9.45. The van der Waals surface area contributed by atoms with E-state index in [0.717, 1.165) is 6.42 Å². The van der Waals surface area contributed by atoms with Gasteiger partial charge in [0.1, 0.15) is 0 Å². The molecule has 0 fully saturated rings. The van der Waals surface area contributed by atoms with Crippen molar-refractivity contribution in [3.05, 3.63) is 69.5 Å². The molecule has 1 aromatic carbocycles. The van der Waals surface area contributed by atoms with Crippen LogP contribution in [0.2, 0.25) is 32.7 Å². The van der Waals surface area contributed by atoms with Crippen LogP contribution >= 0.6 is 0 Å². The monoisotopic (exact) mass is 525 g/mol. The minimum absolute atomic E-state index is 0. The molecule has 0 N–H and O–H groups in total. The zero-order valence-electron chi connectivity index (χ0n) is 17.8. The number of hydrogen-bond donors (Lipinski definition) is 0. The Balaban J connectivity index is 0.00000196. The van der Waals surface area contributed by atoms with Crippen LogP contribution in [-0.4, -0.2) is 16.6 Å². The Morgan fingerprint density at radius 2 is 1.54 bits per heavy atom. The van der Waals surface area contributed by atoms with Gasteiger partial charge in [0.25, 0.3) is 0 Å². The van der Waals surface area contributed by atoms with E-state index >= 15 is 0 Å². The number of allylic oxidation sites excluding steroid dienone is 7. The summed E-state index contributed by atoms with van der Waals surface area (Å²) in [5, 5.41) is 1.47. The van der Waals surface area contributed by atoms with Crippen LogP contribution < -0.4 is 24.8 Å². The summed E-state index contributed by atoms with van der Waals surface area (Å²) in [6, 6.07) is 8.90. The maximum atomic E-state index is 6.63. The molecule has 1 nitrogen and oxygen atoms in total. The smallest absolute Gasteiger partial charge is 1.00 e. The van der Waals surface area contributed by atoms with Crippen LogP contribution in [0.5, 0.6) is 0 Å². The normalized spacial score (nSPS) is 16.2.